The Hall–Kier alpha value is -1.83. The summed E-state index contributed by atoms with van der Waals surface area (Å²) in [6, 6.07) is 14.1. The summed E-state index contributed by atoms with van der Waals surface area (Å²) in [5.74, 6) is -0.304. The van der Waals surface area contributed by atoms with Gasteiger partial charge in [0.05, 0.1) is 0 Å². The van der Waals surface area contributed by atoms with Crippen LogP contribution in [-0.2, 0) is 0 Å². The first-order valence-electron chi connectivity index (χ1n) is 4.38. The minimum Gasteiger partial charge on any atom is -0.398 e. The zero-order valence-corrected chi connectivity index (χ0v) is 7.57. The highest BCUT2D eigenvalue weighted by Crippen LogP contribution is 2.25. The lowest BCUT2D eigenvalue weighted by Gasteiger charge is -2.04. The molecule has 0 aliphatic carbocycles. The quantitative estimate of drug-likeness (QED) is 0.682. The molecule has 2 N–H and O–H groups in total. The Balaban J connectivity index is 2.53. The van der Waals surface area contributed by atoms with Crippen molar-refractivity contribution in [3.05, 3.63) is 54.3 Å². The third-order valence-electron chi connectivity index (χ3n) is 2.10. The van der Waals surface area contributed by atoms with Crippen molar-refractivity contribution in [3.63, 3.8) is 0 Å². The van der Waals surface area contributed by atoms with Gasteiger partial charge >= 0.3 is 0 Å². The van der Waals surface area contributed by atoms with E-state index >= 15 is 0 Å². The minimum absolute atomic E-state index is 0.304. The molecular formula is C12H10FN. The average molecular weight is 187 g/mol. The molecule has 2 aromatic carbocycles. The van der Waals surface area contributed by atoms with Gasteiger partial charge in [-0.3, -0.25) is 0 Å². The monoisotopic (exact) mass is 187 g/mol. The molecule has 0 spiro atoms. The number of hydrogen-bond donors (Lipinski definition) is 1. The van der Waals surface area contributed by atoms with E-state index < -0.39 is 0 Å². The predicted molar refractivity (Wildman–Crippen MR) is 56.2 cm³/mol. The van der Waals surface area contributed by atoms with Crippen LogP contribution < -0.4 is 5.73 Å². The maximum atomic E-state index is 12.8. The van der Waals surface area contributed by atoms with Crippen molar-refractivity contribution in [1.82, 2.24) is 0 Å². The summed E-state index contributed by atoms with van der Waals surface area (Å²) in [7, 11) is 0. The van der Waals surface area contributed by atoms with Crippen LogP contribution in [-0.4, -0.2) is 0 Å². The zero-order chi connectivity index (χ0) is 9.97. The molecule has 0 atom stereocenters. The number of rotatable bonds is 1. The van der Waals surface area contributed by atoms with Gasteiger partial charge in [0.1, 0.15) is 5.82 Å². The highest BCUT2D eigenvalue weighted by atomic mass is 19.1. The summed E-state index contributed by atoms with van der Waals surface area (Å²) < 4.78 is 12.8. The van der Waals surface area contributed by atoms with Crippen molar-refractivity contribution >= 4 is 5.69 Å². The molecular weight excluding hydrogens is 177 g/mol. The van der Waals surface area contributed by atoms with E-state index in [0.29, 0.717) is 5.69 Å². The highest BCUT2D eigenvalue weighted by Gasteiger charge is 2.02. The molecule has 0 heterocycles. The highest BCUT2D eigenvalue weighted by molar-refractivity contribution is 5.75. The summed E-state index contributed by atoms with van der Waals surface area (Å²) in [5, 5.41) is 0. The van der Waals surface area contributed by atoms with Gasteiger partial charge < -0.3 is 5.73 Å². The SMILES string of the molecule is Nc1cc(F)ccc1-c1ccccc1. The lowest BCUT2D eigenvalue weighted by atomic mass is 10.0. The van der Waals surface area contributed by atoms with Crippen LogP contribution >= 0.6 is 0 Å². The Morgan fingerprint density at radius 2 is 1.64 bits per heavy atom. The Kier molecular flexibility index (Phi) is 2.19. The number of hydrogen-bond acceptors (Lipinski definition) is 1. The molecule has 2 rings (SSSR count). The number of nitrogen functional groups attached to an aromatic ring is 1. The van der Waals surface area contributed by atoms with Crippen LogP contribution in [0, 0.1) is 5.82 Å². The number of halogens is 1. The smallest absolute Gasteiger partial charge is 0.125 e. The average Bonchev–Trinajstić information content (AvgIpc) is 2.19. The van der Waals surface area contributed by atoms with Crippen molar-refractivity contribution in [1.29, 1.82) is 0 Å². The van der Waals surface area contributed by atoms with Gasteiger partial charge in [-0.05, 0) is 23.8 Å². The summed E-state index contributed by atoms with van der Waals surface area (Å²) in [6.07, 6.45) is 0. The second-order valence-corrected chi connectivity index (χ2v) is 3.10. The van der Waals surface area contributed by atoms with Gasteiger partial charge in [0.2, 0.25) is 0 Å². The second kappa shape index (κ2) is 3.50. The number of anilines is 1. The van der Waals surface area contributed by atoms with E-state index in [-0.39, 0.29) is 5.82 Å². The van der Waals surface area contributed by atoms with Crippen molar-refractivity contribution in [3.8, 4) is 11.1 Å². The van der Waals surface area contributed by atoms with E-state index in [1.807, 2.05) is 30.3 Å². The molecule has 0 saturated carbocycles. The fourth-order valence-electron chi connectivity index (χ4n) is 1.41. The van der Waals surface area contributed by atoms with E-state index in [4.69, 9.17) is 5.73 Å². The van der Waals surface area contributed by atoms with Crippen LogP contribution in [0.25, 0.3) is 11.1 Å². The van der Waals surface area contributed by atoms with E-state index in [1.54, 1.807) is 6.07 Å². The largest absolute Gasteiger partial charge is 0.398 e. The first-order valence-corrected chi connectivity index (χ1v) is 4.38. The van der Waals surface area contributed by atoms with Gasteiger partial charge in [-0.25, -0.2) is 4.39 Å². The van der Waals surface area contributed by atoms with Gasteiger partial charge in [-0.1, -0.05) is 30.3 Å². The third kappa shape index (κ3) is 1.59. The summed E-state index contributed by atoms with van der Waals surface area (Å²) in [5.41, 5.74) is 8.05. The molecule has 0 radical (unpaired) electrons. The molecule has 2 heteroatoms. The van der Waals surface area contributed by atoms with Gasteiger partial charge in [0.15, 0.2) is 0 Å². The maximum absolute atomic E-state index is 12.8. The van der Waals surface area contributed by atoms with Crippen LogP contribution in [0.3, 0.4) is 0 Å². The van der Waals surface area contributed by atoms with Crippen LogP contribution in [0.2, 0.25) is 0 Å². The van der Waals surface area contributed by atoms with E-state index in [2.05, 4.69) is 0 Å². The first-order chi connectivity index (χ1) is 6.77. The summed E-state index contributed by atoms with van der Waals surface area (Å²) in [6.45, 7) is 0. The number of nitrogens with two attached hydrogens (primary N) is 1. The molecule has 14 heavy (non-hydrogen) atoms. The Labute approximate surface area is 82.0 Å². The van der Waals surface area contributed by atoms with E-state index in [1.165, 1.54) is 12.1 Å². The molecule has 1 nitrogen and oxygen atoms in total. The normalized spacial score (nSPS) is 10.1. The molecule has 0 unspecified atom stereocenters. The third-order valence-corrected chi connectivity index (χ3v) is 2.10. The van der Waals surface area contributed by atoms with Crippen LogP contribution in [0.4, 0.5) is 10.1 Å². The van der Waals surface area contributed by atoms with Crippen molar-refractivity contribution in [2.24, 2.45) is 0 Å². The van der Waals surface area contributed by atoms with Gasteiger partial charge in [0.25, 0.3) is 0 Å². The summed E-state index contributed by atoms with van der Waals surface area (Å²) >= 11 is 0. The van der Waals surface area contributed by atoms with Gasteiger partial charge in [-0.2, -0.15) is 0 Å². The zero-order valence-electron chi connectivity index (χ0n) is 7.57. The standard InChI is InChI=1S/C12H10FN/c13-10-6-7-11(12(14)8-10)9-4-2-1-3-5-9/h1-8H,14H2. The van der Waals surface area contributed by atoms with E-state index in [0.717, 1.165) is 11.1 Å². The molecule has 0 amide bonds. The maximum Gasteiger partial charge on any atom is 0.125 e. The van der Waals surface area contributed by atoms with Gasteiger partial charge in [-0.15, -0.1) is 0 Å². The van der Waals surface area contributed by atoms with Crippen molar-refractivity contribution in [2.75, 3.05) is 5.73 Å². The fraction of sp³-hybridized carbons (Fsp3) is 0. The lowest BCUT2D eigenvalue weighted by Crippen LogP contribution is -1.90. The van der Waals surface area contributed by atoms with Crippen molar-refractivity contribution in [2.45, 2.75) is 0 Å². The molecule has 0 saturated heterocycles. The van der Waals surface area contributed by atoms with Crippen molar-refractivity contribution < 1.29 is 4.39 Å². The molecule has 0 aromatic heterocycles. The molecule has 2 aromatic rings. The lowest BCUT2D eigenvalue weighted by molar-refractivity contribution is 0.628. The molecule has 0 aliphatic heterocycles. The second-order valence-electron chi connectivity index (χ2n) is 3.10. The van der Waals surface area contributed by atoms with Crippen LogP contribution in [0.1, 0.15) is 0 Å². The Morgan fingerprint density at radius 1 is 0.929 bits per heavy atom. The molecule has 70 valence electrons. The van der Waals surface area contributed by atoms with E-state index in [9.17, 15) is 4.39 Å². The van der Waals surface area contributed by atoms with Crippen LogP contribution in [0.15, 0.2) is 48.5 Å². The van der Waals surface area contributed by atoms with Gasteiger partial charge in [0, 0.05) is 11.3 Å². The van der Waals surface area contributed by atoms with Crippen LogP contribution in [0.5, 0.6) is 0 Å². The first kappa shape index (κ1) is 8.75. The number of benzene rings is 2. The topological polar surface area (TPSA) is 26.0 Å². The summed E-state index contributed by atoms with van der Waals surface area (Å²) in [4.78, 5) is 0. The Morgan fingerprint density at radius 3 is 2.29 bits per heavy atom. The fourth-order valence-corrected chi connectivity index (χ4v) is 1.41. The predicted octanol–water partition coefficient (Wildman–Crippen LogP) is 3.07. The molecule has 0 aliphatic rings. The Bertz CT molecular complexity index is 437. The minimum atomic E-state index is -0.304. The molecule has 0 fully saturated rings. The molecule has 0 bridgehead atoms.